The van der Waals surface area contributed by atoms with E-state index in [2.05, 4.69) is 6.58 Å². The van der Waals surface area contributed by atoms with Crippen molar-refractivity contribution in [3.8, 4) is 6.07 Å². The molecule has 0 fully saturated rings. The molecular formula is C7H11NO3S. The van der Waals surface area contributed by atoms with Crippen LogP contribution in [0.2, 0.25) is 0 Å². The van der Waals surface area contributed by atoms with Gasteiger partial charge in [0.1, 0.15) is 0 Å². The zero-order valence-electron chi connectivity index (χ0n) is 6.82. The van der Waals surface area contributed by atoms with Crippen LogP contribution in [-0.4, -0.2) is 18.7 Å². The van der Waals surface area contributed by atoms with E-state index in [0.29, 0.717) is 12.0 Å². The van der Waals surface area contributed by atoms with Gasteiger partial charge in [-0.05, 0) is 12.3 Å². The highest BCUT2D eigenvalue weighted by Gasteiger charge is 2.12. The first-order valence-electron chi connectivity index (χ1n) is 3.38. The molecule has 0 aliphatic heterocycles. The maximum atomic E-state index is 10.4. The lowest BCUT2D eigenvalue weighted by Crippen LogP contribution is -2.12. The Hall–Kier alpha value is -0.860. The number of nitriles is 1. The van der Waals surface area contributed by atoms with E-state index in [4.69, 9.17) is 9.81 Å². The van der Waals surface area contributed by atoms with Crippen LogP contribution in [0.4, 0.5) is 0 Å². The summed E-state index contributed by atoms with van der Waals surface area (Å²) in [4.78, 5) is 0. The van der Waals surface area contributed by atoms with Gasteiger partial charge in [0.05, 0.1) is 11.8 Å². The van der Waals surface area contributed by atoms with E-state index >= 15 is 0 Å². The van der Waals surface area contributed by atoms with E-state index in [-0.39, 0.29) is 11.7 Å². The molecule has 4 nitrogen and oxygen atoms in total. The Kier molecular flexibility index (Phi) is 3.93. The zero-order chi connectivity index (χ0) is 9.78. The van der Waals surface area contributed by atoms with Gasteiger partial charge in [-0.15, -0.1) is 0 Å². The van der Waals surface area contributed by atoms with Crippen LogP contribution < -0.4 is 0 Å². The van der Waals surface area contributed by atoms with E-state index in [1.165, 1.54) is 0 Å². The molecule has 0 spiro atoms. The van der Waals surface area contributed by atoms with Crippen molar-refractivity contribution in [3.63, 3.8) is 0 Å². The third-order valence-electron chi connectivity index (χ3n) is 1.25. The van der Waals surface area contributed by atoms with Crippen molar-refractivity contribution in [2.24, 2.45) is 5.92 Å². The van der Waals surface area contributed by atoms with Crippen molar-refractivity contribution in [3.05, 3.63) is 12.2 Å². The Labute approximate surface area is 72.3 Å². The summed E-state index contributed by atoms with van der Waals surface area (Å²) in [6.07, 6.45) is 0.302. The SMILES string of the molecule is C=C(C#N)CC(C)CS(=O)(=O)O. The highest BCUT2D eigenvalue weighted by atomic mass is 32.2. The van der Waals surface area contributed by atoms with Gasteiger partial charge in [-0.3, -0.25) is 4.55 Å². The fourth-order valence-electron chi connectivity index (χ4n) is 0.885. The molecular weight excluding hydrogens is 178 g/mol. The normalized spacial score (nSPS) is 13.4. The molecule has 0 aromatic carbocycles. The molecule has 0 amide bonds. The minimum absolute atomic E-state index is 0.271. The molecule has 1 N–H and O–H groups in total. The fraction of sp³-hybridized carbons (Fsp3) is 0.571. The van der Waals surface area contributed by atoms with Crippen LogP contribution in [0, 0.1) is 17.2 Å². The average Bonchev–Trinajstić information content (AvgIpc) is 1.82. The van der Waals surface area contributed by atoms with Crippen LogP contribution >= 0.6 is 0 Å². The maximum Gasteiger partial charge on any atom is 0.265 e. The number of hydrogen-bond acceptors (Lipinski definition) is 3. The molecule has 1 atom stereocenters. The van der Waals surface area contributed by atoms with Crippen molar-refractivity contribution in [2.75, 3.05) is 5.75 Å². The Morgan fingerprint density at radius 2 is 2.25 bits per heavy atom. The topological polar surface area (TPSA) is 78.2 Å². The summed E-state index contributed by atoms with van der Waals surface area (Å²) in [5.74, 6) is -0.597. The van der Waals surface area contributed by atoms with E-state index in [1.54, 1.807) is 6.92 Å². The van der Waals surface area contributed by atoms with Crippen LogP contribution in [0.5, 0.6) is 0 Å². The number of nitrogens with zero attached hydrogens (tertiary/aromatic N) is 1. The Bertz CT molecular complexity index is 299. The van der Waals surface area contributed by atoms with Crippen LogP contribution in [0.1, 0.15) is 13.3 Å². The van der Waals surface area contributed by atoms with E-state index in [1.807, 2.05) is 6.07 Å². The van der Waals surface area contributed by atoms with Crippen molar-refractivity contribution in [1.29, 1.82) is 5.26 Å². The summed E-state index contributed by atoms with van der Waals surface area (Å²) in [7, 11) is -3.93. The Balaban J connectivity index is 4.02. The molecule has 0 bridgehead atoms. The summed E-state index contributed by atoms with van der Waals surface area (Å²) in [5.41, 5.74) is 0.325. The van der Waals surface area contributed by atoms with Crippen LogP contribution in [0.25, 0.3) is 0 Å². The van der Waals surface area contributed by atoms with Crippen LogP contribution in [-0.2, 0) is 10.1 Å². The molecule has 0 aliphatic rings. The number of allylic oxidation sites excluding steroid dienone is 1. The van der Waals surface area contributed by atoms with Gasteiger partial charge >= 0.3 is 0 Å². The standard InChI is InChI=1S/C7H11NO3S/c1-6(4-8)3-7(2)5-12(9,10)11/h7H,1,3,5H2,2H3,(H,9,10,11). The van der Waals surface area contributed by atoms with Crippen molar-refractivity contribution >= 4 is 10.1 Å². The molecule has 12 heavy (non-hydrogen) atoms. The Morgan fingerprint density at radius 3 is 2.58 bits per heavy atom. The van der Waals surface area contributed by atoms with Gasteiger partial charge in [0, 0.05) is 5.57 Å². The lowest BCUT2D eigenvalue weighted by atomic mass is 10.1. The molecule has 0 aliphatic carbocycles. The first kappa shape index (κ1) is 11.1. The molecule has 0 aromatic rings. The summed E-state index contributed by atoms with van der Waals surface area (Å²) in [5, 5.41) is 8.32. The van der Waals surface area contributed by atoms with Gasteiger partial charge < -0.3 is 0 Å². The lowest BCUT2D eigenvalue weighted by molar-refractivity contribution is 0.469. The summed E-state index contributed by atoms with van der Waals surface area (Å²) in [6, 6.07) is 1.81. The smallest absolute Gasteiger partial charge is 0.265 e. The van der Waals surface area contributed by atoms with Crippen molar-refractivity contribution < 1.29 is 13.0 Å². The van der Waals surface area contributed by atoms with Gasteiger partial charge in [-0.1, -0.05) is 13.5 Å². The van der Waals surface area contributed by atoms with E-state index in [9.17, 15) is 8.42 Å². The van der Waals surface area contributed by atoms with Crippen molar-refractivity contribution in [2.45, 2.75) is 13.3 Å². The highest BCUT2D eigenvalue weighted by Crippen LogP contribution is 2.10. The summed E-state index contributed by atoms with van der Waals surface area (Å²) < 4.78 is 29.1. The second kappa shape index (κ2) is 4.24. The fourth-order valence-corrected chi connectivity index (χ4v) is 1.72. The van der Waals surface area contributed by atoms with Gasteiger partial charge in [-0.25, -0.2) is 0 Å². The summed E-state index contributed by atoms with van der Waals surface area (Å²) >= 11 is 0. The van der Waals surface area contributed by atoms with Crippen LogP contribution in [0.3, 0.4) is 0 Å². The first-order valence-corrected chi connectivity index (χ1v) is 4.99. The van der Waals surface area contributed by atoms with Crippen molar-refractivity contribution in [1.82, 2.24) is 0 Å². The third kappa shape index (κ3) is 5.89. The van der Waals surface area contributed by atoms with Gasteiger partial charge in [-0.2, -0.15) is 13.7 Å². The first-order chi connectivity index (χ1) is 5.35. The molecule has 68 valence electrons. The molecule has 1 unspecified atom stereocenters. The number of hydrogen-bond donors (Lipinski definition) is 1. The monoisotopic (exact) mass is 189 g/mol. The largest absolute Gasteiger partial charge is 0.286 e. The highest BCUT2D eigenvalue weighted by molar-refractivity contribution is 7.85. The van der Waals surface area contributed by atoms with Gasteiger partial charge in [0.2, 0.25) is 0 Å². The van der Waals surface area contributed by atoms with Crippen LogP contribution in [0.15, 0.2) is 12.2 Å². The minimum Gasteiger partial charge on any atom is -0.286 e. The van der Waals surface area contributed by atoms with E-state index in [0.717, 1.165) is 0 Å². The lowest BCUT2D eigenvalue weighted by Gasteiger charge is -2.06. The molecule has 0 saturated carbocycles. The predicted octanol–water partition coefficient (Wildman–Crippen LogP) is 0.980. The maximum absolute atomic E-state index is 10.4. The van der Waals surface area contributed by atoms with Gasteiger partial charge in [0.15, 0.2) is 0 Å². The molecule has 5 heteroatoms. The average molecular weight is 189 g/mol. The quantitative estimate of drug-likeness (QED) is 0.528. The molecule has 0 saturated heterocycles. The molecule has 0 radical (unpaired) electrons. The minimum atomic E-state index is -3.93. The predicted molar refractivity (Wildman–Crippen MR) is 44.9 cm³/mol. The summed E-state index contributed by atoms with van der Waals surface area (Å²) in [6.45, 7) is 5.04. The second-order valence-electron chi connectivity index (χ2n) is 2.77. The van der Waals surface area contributed by atoms with E-state index < -0.39 is 10.1 Å². The second-order valence-corrected chi connectivity index (χ2v) is 4.27. The van der Waals surface area contributed by atoms with Gasteiger partial charge in [0.25, 0.3) is 10.1 Å². The molecule has 0 heterocycles. The zero-order valence-corrected chi connectivity index (χ0v) is 7.63. The molecule has 0 aromatic heterocycles. The third-order valence-corrected chi connectivity index (χ3v) is 2.24. The Morgan fingerprint density at radius 1 is 1.75 bits per heavy atom. The number of rotatable bonds is 4. The molecule has 0 rings (SSSR count).